The maximum atomic E-state index is 12.4. The molecule has 1 rings (SSSR count). The number of benzene rings is 1. The predicted octanol–water partition coefficient (Wildman–Crippen LogP) is 2.67. The number of rotatable bonds is 8. The molecule has 0 radical (unpaired) electrons. The fraction of sp³-hybridized carbons (Fsp3) is 0.467. The Balaban J connectivity index is 2.89. The van der Waals surface area contributed by atoms with Gasteiger partial charge in [0.1, 0.15) is 0 Å². The Kier molecular flexibility index (Phi) is 6.29. The molecule has 0 aliphatic rings. The number of carbonyl (C=O) groups is 2. The highest BCUT2D eigenvalue weighted by Crippen LogP contribution is 2.29. The van der Waals surface area contributed by atoms with Gasteiger partial charge in [0, 0.05) is 17.5 Å². The van der Waals surface area contributed by atoms with Gasteiger partial charge in [0.2, 0.25) is 0 Å². The number of aliphatic carboxylic acids is 1. The molecule has 2 N–H and O–H groups in total. The lowest BCUT2D eigenvalue weighted by atomic mass is 9.97. The van der Waals surface area contributed by atoms with Crippen molar-refractivity contribution in [3.8, 4) is 11.5 Å². The van der Waals surface area contributed by atoms with Crippen molar-refractivity contribution < 1.29 is 33.0 Å². The molecule has 0 aromatic heterocycles. The molecule has 0 saturated carbocycles. The molecular weight excluding hydrogens is 312 g/mol. The molecular formula is C15H19F2NO5. The molecule has 6 nitrogen and oxygen atoms in total. The van der Waals surface area contributed by atoms with E-state index in [0.29, 0.717) is 0 Å². The number of nitrogens with one attached hydrogen (secondary N) is 1. The summed E-state index contributed by atoms with van der Waals surface area (Å²) in [6.45, 7) is 0.302. The first-order valence-electron chi connectivity index (χ1n) is 6.82. The molecule has 0 fully saturated rings. The Bertz CT molecular complexity index is 575. The van der Waals surface area contributed by atoms with Crippen LogP contribution in [0.2, 0.25) is 0 Å². The van der Waals surface area contributed by atoms with Crippen molar-refractivity contribution in [3.05, 3.63) is 23.8 Å². The van der Waals surface area contributed by atoms with Gasteiger partial charge in [0.25, 0.3) is 5.91 Å². The van der Waals surface area contributed by atoms with Crippen LogP contribution in [0.5, 0.6) is 11.5 Å². The molecule has 1 aromatic rings. The number of carboxylic acids is 1. The topological polar surface area (TPSA) is 84.9 Å². The Hall–Kier alpha value is -2.38. The lowest BCUT2D eigenvalue weighted by Crippen LogP contribution is -2.43. The van der Waals surface area contributed by atoms with Crippen LogP contribution < -0.4 is 14.8 Å². The first-order chi connectivity index (χ1) is 10.6. The smallest absolute Gasteiger partial charge is 0.387 e. The third-order valence-electron chi connectivity index (χ3n) is 3.06. The van der Waals surface area contributed by atoms with Crippen molar-refractivity contribution in [1.29, 1.82) is 0 Å². The molecule has 128 valence electrons. The molecule has 0 spiro atoms. The quantitative estimate of drug-likeness (QED) is 0.765. The predicted molar refractivity (Wildman–Crippen MR) is 78.0 cm³/mol. The SMILES string of the molecule is COc1ccc(C(=O)NC(C)(C)CCC(=O)O)cc1OC(F)F. The molecule has 1 aromatic carbocycles. The third kappa shape index (κ3) is 6.09. The number of hydrogen-bond donors (Lipinski definition) is 2. The van der Waals surface area contributed by atoms with E-state index in [1.165, 1.54) is 19.2 Å². The highest BCUT2D eigenvalue weighted by Gasteiger charge is 2.23. The fourth-order valence-electron chi connectivity index (χ4n) is 1.87. The van der Waals surface area contributed by atoms with Gasteiger partial charge in [-0.25, -0.2) is 0 Å². The van der Waals surface area contributed by atoms with E-state index in [4.69, 9.17) is 9.84 Å². The van der Waals surface area contributed by atoms with Crippen molar-refractivity contribution in [2.75, 3.05) is 7.11 Å². The number of halogens is 2. The van der Waals surface area contributed by atoms with Crippen LogP contribution in [0.1, 0.15) is 37.0 Å². The summed E-state index contributed by atoms with van der Waals surface area (Å²) in [6, 6.07) is 3.89. The van der Waals surface area contributed by atoms with Crippen molar-refractivity contribution in [2.45, 2.75) is 38.8 Å². The molecule has 8 heteroatoms. The second-order valence-corrected chi connectivity index (χ2v) is 5.48. The summed E-state index contributed by atoms with van der Waals surface area (Å²) >= 11 is 0. The van der Waals surface area contributed by atoms with Gasteiger partial charge < -0.3 is 19.9 Å². The van der Waals surface area contributed by atoms with E-state index in [0.717, 1.165) is 6.07 Å². The molecule has 0 unspecified atom stereocenters. The van der Waals surface area contributed by atoms with Gasteiger partial charge in [-0.1, -0.05) is 0 Å². The monoisotopic (exact) mass is 331 g/mol. The Morgan fingerprint density at radius 2 is 1.96 bits per heavy atom. The summed E-state index contributed by atoms with van der Waals surface area (Å²) in [5.74, 6) is -1.67. The van der Waals surface area contributed by atoms with E-state index in [1.807, 2.05) is 0 Å². The number of alkyl halides is 2. The van der Waals surface area contributed by atoms with E-state index in [-0.39, 0.29) is 29.9 Å². The maximum absolute atomic E-state index is 12.4. The normalized spacial score (nSPS) is 11.2. The third-order valence-corrected chi connectivity index (χ3v) is 3.06. The van der Waals surface area contributed by atoms with Crippen LogP contribution in [0.15, 0.2) is 18.2 Å². The molecule has 0 atom stereocenters. The summed E-state index contributed by atoms with van der Waals surface area (Å²) in [7, 11) is 1.29. The van der Waals surface area contributed by atoms with Gasteiger partial charge in [-0.05, 0) is 38.5 Å². The Morgan fingerprint density at radius 1 is 1.30 bits per heavy atom. The minimum Gasteiger partial charge on any atom is -0.493 e. The number of hydrogen-bond acceptors (Lipinski definition) is 4. The minimum atomic E-state index is -3.05. The summed E-state index contributed by atoms with van der Waals surface area (Å²) in [5.41, 5.74) is -0.663. The lowest BCUT2D eigenvalue weighted by Gasteiger charge is -2.25. The van der Waals surface area contributed by atoms with Crippen LogP contribution in [0.25, 0.3) is 0 Å². The second-order valence-electron chi connectivity index (χ2n) is 5.48. The molecule has 0 bridgehead atoms. The molecule has 23 heavy (non-hydrogen) atoms. The second kappa shape index (κ2) is 7.75. The molecule has 0 saturated heterocycles. The zero-order valence-corrected chi connectivity index (χ0v) is 13.1. The van der Waals surface area contributed by atoms with Gasteiger partial charge in [0.15, 0.2) is 11.5 Å². The maximum Gasteiger partial charge on any atom is 0.387 e. The number of amides is 1. The molecule has 0 aliphatic heterocycles. The number of methoxy groups -OCH3 is 1. The zero-order chi connectivity index (χ0) is 17.6. The van der Waals surface area contributed by atoms with Crippen LogP contribution in [0, 0.1) is 0 Å². The molecule has 1 amide bonds. The van der Waals surface area contributed by atoms with Crippen molar-refractivity contribution in [1.82, 2.24) is 5.32 Å². The number of carbonyl (C=O) groups excluding carboxylic acids is 1. The van der Waals surface area contributed by atoms with E-state index in [1.54, 1.807) is 13.8 Å². The number of carboxylic acid groups (broad SMARTS) is 1. The largest absolute Gasteiger partial charge is 0.493 e. The Morgan fingerprint density at radius 3 is 2.48 bits per heavy atom. The van der Waals surface area contributed by atoms with Gasteiger partial charge in [-0.3, -0.25) is 9.59 Å². The number of ether oxygens (including phenoxy) is 2. The van der Waals surface area contributed by atoms with E-state index >= 15 is 0 Å². The highest BCUT2D eigenvalue weighted by atomic mass is 19.3. The minimum absolute atomic E-state index is 0.0759. The summed E-state index contributed by atoms with van der Waals surface area (Å²) in [5, 5.41) is 11.4. The molecule has 0 aliphatic carbocycles. The van der Waals surface area contributed by atoms with E-state index < -0.39 is 24.0 Å². The van der Waals surface area contributed by atoms with Crippen LogP contribution in [-0.4, -0.2) is 36.2 Å². The van der Waals surface area contributed by atoms with E-state index in [9.17, 15) is 18.4 Å². The average molecular weight is 331 g/mol. The summed E-state index contributed by atoms with van der Waals surface area (Å²) < 4.78 is 34.0. The van der Waals surface area contributed by atoms with Crippen molar-refractivity contribution in [2.24, 2.45) is 0 Å². The lowest BCUT2D eigenvalue weighted by molar-refractivity contribution is -0.137. The van der Waals surface area contributed by atoms with Crippen LogP contribution in [-0.2, 0) is 4.79 Å². The van der Waals surface area contributed by atoms with Crippen molar-refractivity contribution >= 4 is 11.9 Å². The zero-order valence-electron chi connectivity index (χ0n) is 13.1. The molecule has 0 heterocycles. The standard InChI is InChI=1S/C15H19F2NO5/c1-15(2,7-6-12(19)20)18-13(21)9-4-5-10(22-3)11(8-9)23-14(16)17/h4-5,8,14H,6-7H2,1-3H3,(H,18,21)(H,19,20). The van der Waals surface area contributed by atoms with Crippen LogP contribution >= 0.6 is 0 Å². The van der Waals surface area contributed by atoms with Crippen LogP contribution in [0.4, 0.5) is 8.78 Å². The summed E-state index contributed by atoms with van der Waals surface area (Å²) in [4.78, 5) is 22.8. The van der Waals surface area contributed by atoms with Crippen LogP contribution in [0.3, 0.4) is 0 Å². The van der Waals surface area contributed by atoms with Gasteiger partial charge >= 0.3 is 12.6 Å². The van der Waals surface area contributed by atoms with Gasteiger partial charge in [-0.2, -0.15) is 8.78 Å². The fourth-order valence-corrected chi connectivity index (χ4v) is 1.87. The van der Waals surface area contributed by atoms with E-state index in [2.05, 4.69) is 10.1 Å². The first-order valence-corrected chi connectivity index (χ1v) is 6.82. The average Bonchev–Trinajstić information content (AvgIpc) is 2.44. The highest BCUT2D eigenvalue weighted by molar-refractivity contribution is 5.95. The Labute approximate surface area is 132 Å². The van der Waals surface area contributed by atoms with Gasteiger partial charge in [-0.15, -0.1) is 0 Å². The first kappa shape index (κ1) is 18.7. The summed E-state index contributed by atoms with van der Waals surface area (Å²) in [6.07, 6.45) is 0.125. The van der Waals surface area contributed by atoms with Crippen molar-refractivity contribution in [3.63, 3.8) is 0 Å². The van der Waals surface area contributed by atoms with Gasteiger partial charge in [0.05, 0.1) is 7.11 Å².